The van der Waals surface area contributed by atoms with E-state index >= 15 is 0 Å². The summed E-state index contributed by atoms with van der Waals surface area (Å²) in [4.78, 5) is 4.18. The molecule has 2 aliphatic heterocycles. The number of benzene rings is 1. The minimum absolute atomic E-state index is 0.169. The molecule has 0 saturated carbocycles. The molecule has 2 aliphatic rings. The van der Waals surface area contributed by atoms with Crippen molar-refractivity contribution in [2.75, 3.05) is 44.2 Å². The summed E-state index contributed by atoms with van der Waals surface area (Å²) in [5.41, 5.74) is 0.772. The van der Waals surface area contributed by atoms with E-state index in [4.69, 9.17) is 0 Å². The number of aliphatic hydroxyl groups is 1. The van der Waals surface area contributed by atoms with Crippen LogP contribution in [0, 0.1) is 0 Å². The van der Waals surface area contributed by atoms with Gasteiger partial charge in [0.2, 0.25) is 0 Å². The van der Waals surface area contributed by atoms with Crippen molar-refractivity contribution in [3.05, 3.63) is 47.3 Å². The van der Waals surface area contributed by atoms with E-state index in [1.165, 1.54) is 15.6 Å². The number of thiophene rings is 1. The average molecular weight is 500 g/mol. The zero-order valence-electron chi connectivity index (χ0n) is 19.0. The Balaban J connectivity index is 1.56. The summed E-state index contributed by atoms with van der Waals surface area (Å²) in [6.45, 7) is 5.71. The third-order valence-electron chi connectivity index (χ3n) is 6.50. The molecular formula is C23H31F2N3O3S2. The van der Waals surface area contributed by atoms with Crippen molar-refractivity contribution >= 4 is 27.0 Å². The number of sulfonamides is 1. The van der Waals surface area contributed by atoms with Crippen LogP contribution >= 0.6 is 11.3 Å². The summed E-state index contributed by atoms with van der Waals surface area (Å²) in [7, 11) is -3.59. The zero-order valence-corrected chi connectivity index (χ0v) is 20.6. The third-order valence-corrected chi connectivity index (χ3v) is 9.73. The second-order valence-corrected chi connectivity index (χ2v) is 12.5. The van der Waals surface area contributed by atoms with E-state index in [-0.39, 0.29) is 18.9 Å². The van der Waals surface area contributed by atoms with E-state index in [2.05, 4.69) is 4.90 Å². The SMILES string of the molecule is CC(C)(O)c1ccc(N2CCN(S(=O)(=O)c3cccs3)C[C@@H]2CN2CCC(F)(F)CC2)cc1. The lowest BCUT2D eigenvalue weighted by Gasteiger charge is -2.45. The van der Waals surface area contributed by atoms with Crippen LogP contribution in [0.1, 0.15) is 32.3 Å². The van der Waals surface area contributed by atoms with Crippen LogP contribution in [0.3, 0.4) is 0 Å². The fourth-order valence-corrected chi connectivity index (χ4v) is 7.11. The largest absolute Gasteiger partial charge is 0.386 e. The van der Waals surface area contributed by atoms with Crippen LogP contribution in [0.4, 0.5) is 14.5 Å². The highest BCUT2D eigenvalue weighted by Gasteiger charge is 2.38. The summed E-state index contributed by atoms with van der Waals surface area (Å²) >= 11 is 1.20. The van der Waals surface area contributed by atoms with E-state index < -0.39 is 21.5 Å². The van der Waals surface area contributed by atoms with Crippen molar-refractivity contribution < 1.29 is 22.3 Å². The van der Waals surface area contributed by atoms with Crippen molar-refractivity contribution in [3.63, 3.8) is 0 Å². The van der Waals surface area contributed by atoms with E-state index in [0.717, 1.165) is 11.3 Å². The molecule has 0 amide bonds. The summed E-state index contributed by atoms with van der Waals surface area (Å²) in [6, 6.07) is 10.8. The molecular weight excluding hydrogens is 468 g/mol. The Morgan fingerprint density at radius 3 is 2.33 bits per heavy atom. The van der Waals surface area contributed by atoms with Crippen molar-refractivity contribution in [2.24, 2.45) is 0 Å². The first kappa shape index (κ1) is 24.5. The number of piperidine rings is 1. The lowest BCUT2D eigenvalue weighted by molar-refractivity contribution is -0.0562. The van der Waals surface area contributed by atoms with Crippen molar-refractivity contribution in [3.8, 4) is 0 Å². The standard InChI is InChI=1S/C23H31F2N3O3S2/c1-22(2,29)18-5-7-19(8-6-18)28-14-13-27(33(30,31)21-4-3-15-32-21)17-20(28)16-26-11-9-23(24,25)10-12-26/h3-8,15,20,29H,9-14,16-17H2,1-2H3/t20-/m0/s1. The molecule has 2 fully saturated rings. The molecule has 0 bridgehead atoms. The highest BCUT2D eigenvalue weighted by molar-refractivity contribution is 7.91. The first-order valence-corrected chi connectivity index (χ1v) is 13.5. The summed E-state index contributed by atoms with van der Waals surface area (Å²) in [5.74, 6) is -2.62. The molecule has 6 nitrogen and oxygen atoms in total. The van der Waals surface area contributed by atoms with Gasteiger partial charge in [0.15, 0.2) is 0 Å². The molecule has 1 N–H and O–H groups in total. The molecule has 0 unspecified atom stereocenters. The van der Waals surface area contributed by atoms with Crippen LogP contribution in [0.2, 0.25) is 0 Å². The Bertz CT molecular complexity index is 1030. The number of rotatable bonds is 6. The highest BCUT2D eigenvalue weighted by atomic mass is 32.2. The second-order valence-electron chi connectivity index (χ2n) is 9.40. The Hall–Kier alpha value is -1.59. The monoisotopic (exact) mass is 499 g/mol. The second kappa shape index (κ2) is 9.22. The zero-order chi connectivity index (χ0) is 23.9. The van der Waals surface area contributed by atoms with Gasteiger partial charge in [-0.25, -0.2) is 17.2 Å². The molecule has 3 heterocycles. The number of hydrogen-bond donors (Lipinski definition) is 1. The number of anilines is 1. The maximum absolute atomic E-state index is 13.7. The fraction of sp³-hybridized carbons (Fsp3) is 0.565. The minimum atomic E-state index is -3.59. The van der Waals surface area contributed by atoms with Crippen LogP contribution in [0.15, 0.2) is 46.0 Å². The van der Waals surface area contributed by atoms with Crippen LogP contribution in [0.25, 0.3) is 0 Å². The van der Waals surface area contributed by atoms with Gasteiger partial charge in [-0.05, 0) is 43.0 Å². The maximum atomic E-state index is 13.7. The van der Waals surface area contributed by atoms with Crippen molar-refractivity contribution in [1.29, 1.82) is 0 Å². The molecule has 0 aliphatic carbocycles. The predicted molar refractivity (Wildman–Crippen MR) is 127 cm³/mol. The molecule has 1 atom stereocenters. The lowest BCUT2D eigenvalue weighted by atomic mass is 9.98. The quantitative estimate of drug-likeness (QED) is 0.658. The number of nitrogens with zero attached hydrogens (tertiary/aromatic N) is 3. The Labute approximate surface area is 198 Å². The number of likely N-dealkylation sites (tertiary alicyclic amines) is 1. The Morgan fingerprint density at radius 2 is 1.76 bits per heavy atom. The Morgan fingerprint density at radius 1 is 1.09 bits per heavy atom. The fourth-order valence-electron chi connectivity index (χ4n) is 4.50. The lowest BCUT2D eigenvalue weighted by Crippen LogP contribution is -2.59. The van der Waals surface area contributed by atoms with E-state index in [9.17, 15) is 22.3 Å². The van der Waals surface area contributed by atoms with E-state index in [0.29, 0.717) is 43.5 Å². The number of alkyl halides is 2. The molecule has 1 aromatic heterocycles. The Kier molecular flexibility index (Phi) is 6.85. The maximum Gasteiger partial charge on any atom is 0.252 e. The van der Waals surface area contributed by atoms with E-state index in [1.54, 1.807) is 31.4 Å². The molecule has 182 valence electrons. The van der Waals surface area contributed by atoms with Crippen LogP contribution in [0.5, 0.6) is 0 Å². The number of piperazine rings is 1. The number of hydrogen-bond acceptors (Lipinski definition) is 6. The van der Waals surface area contributed by atoms with Gasteiger partial charge in [-0.3, -0.25) is 0 Å². The van der Waals surface area contributed by atoms with Gasteiger partial charge in [0.05, 0.1) is 11.6 Å². The first-order chi connectivity index (χ1) is 15.5. The van der Waals surface area contributed by atoms with Gasteiger partial charge in [-0.1, -0.05) is 18.2 Å². The van der Waals surface area contributed by atoms with Crippen LogP contribution in [-0.2, 0) is 15.6 Å². The summed E-state index contributed by atoms with van der Waals surface area (Å²) in [5, 5.41) is 12.0. The van der Waals surface area contributed by atoms with Gasteiger partial charge < -0.3 is 14.9 Å². The van der Waals surface area contributed by atoms with Crippen LogP contribution in [-0.4, -0.2) is 74.0 Å². The van der Waals surface area contributed by atoms with Crippen molar-refractivity contribution in [2.45, 2.75) is 48.5 Å². The molecule has 1 aromatic carbocycles. The van der Waals surface area contributed by atoms with Gasteiger partial charge in [0.1, 0.15) is 4.21 Å². The average Bonchev–Trinajstić information content (AvgIpc) is 3.31. The predicted octanol–water partition coefficient (Wildman–Crippen LogP) is 3.59. The highest BCUT2D eigenvalue weighted by Crippen LogP contribution is 2.31. The molecule has 0 radical (unpaired) electrons. The van der Waals surface area contributed by atoms with E-state index in [1.807, 2.05) is 29.2 Å². The molecule has 2 aromatic rings. The summed E-state index contributed by atoms with van der Waals surface area (Å²) < 4.78 is 55.5. The minimum Gasteiger partial charge on any atom is -0.386 e. The third kappa shape index (κ3) is 5.57. The number of halogens is 2. The topological polar surface area (TPSA) is 64.1 Å². The molecule has 10 heteroatoms. The molecule has 2 saturated heterocycles. The van der Waals surface area contributed by atoms with Gasteiger partial charge in [0.25, 0.3) is 15.9 Å². The van der Waals surface area contributed by atoms with Gasteiger partial charge in [0, 0.05) is 57.8 Å². The molecule has 4 rings (SSSR count). The normalized spacial score (nSPS) is 23.1. The molecule has 33 heavy (non-hydrogen) atoms. The first-order valence-electron chi connectivity index (χ1n) is 11.2. The smallest absolute Gasteiger partial charge is 0.252 e. The van der Waals surface area contributed by atoms with Crippen LogP contribution < -0.4 is 4.90 Å². The van der Waals surface area contributed by atoms with Gasteiger partial charge in [-0.15, -0.1) is 11.3 Å². The molecule has 0 spiro atoms. The summed E-state index contributed by atoms with van der Waals surface area (Å²) in [6.07, 6.45) is -0.339. The van der Waals surface area contributed by atoms with Gasteiger partial charge >= 0.3 is 0 Å². The van der Waals surface area contributed by atoms with Gasteiger partial charge in [-0.2, -0.15) is 4.31 Å². The van der Waals surface area contributed by atoms with Crippen molar-refractivity contribution in [1.82, 2.24) is 9.21 Å².